The van der Waals surface area contributed by atoms with Gasteiger partial charge in [-0.2, -0.15) is 0 Å². The van der Waals surface area contributed by atoms with Crippen LogP contribution in [0.5, 0.6) is 17.2 Å². The van der Waals surface area contributed by atoms with Crippen LogP contribution in [0.1, 0.15) is 12.0 Å². The minimum Gasteiger partial charge on any atom is -0.497 e. The third kappa shape index (κ3) is 4.80. The first kappa shape index (κ1) is 20.5. The van der Waals surface area contributed by atoms with E-state index in [0.717, 1.165) is 11.3 Å². The third-order valence-electron chi connectivity index (χ3n) is 5.02. The summed E-state index contributed by atoms with van der Waals surface area (Å²) in [5.41, 5.74) is 1.69. The van der Waals surface area contributed by atoms with Crippen LogP contribution in [0, 0.1) is 5.92 Å². The summed E-state index contributed by atoms with van der Waals surface area (Å²) in [4.78, 5) is 26.7. The van der Waals surface area contributed by atoms with Crippen LogP contribution in [-0.4, -0.2) is 46.2 Å². The molecule has 2 aromatic rings. The average Bonchev–Trinajstić information content (AvgIpc) is 3.14. The molecular weight excluding hydrogens is 372 g/mol. The summed E-state index contributed by atoms with van der Waals surface area (Å²) in [7, 11) is 4.74. The van der Waals surface area contributed by atoms with Gasteiger partial charge in [-0.3, -0.25) is 9.59 Å². The molecule has 0 aromatic heterocycles. The summed E-state index contributed by atoms with van der Waals surface area (Å²) < 4.78 is 15.8. The van der Waals surface area contributed by atoms with Gasteiger partial charge in [-0.15, -0.1) is 0 Å². The van der Waals surface area contributed by atoms with Crippen molar-refractivity contribution in [2.75, 3.05) is 39.3 Å². The Balaban J connectivity index is 1.60. The van der Waals surface area contributed by atoms with Gasteiger partial charge in [-0.25, -0.2) is 0 Å². The number of amides is 2. The number of methoxy groups -OCH3 is 3. The van der Waals surface area contributed by atoms with Gasteiger partial charge in [0.15, 0.2) is 0 Å². The standard InChI is InChI=1S/C22H26N2O5/c1-27-17-6-4-5-15(11-17)9-10-23-22(26)16-12-21(25)24(14-16)19-13-18(28-2)7-8-20(19)29-3/h4-8,11,13,16H,9-10,12,14H2,1-3H3,(H,23,26). The van der Waals surface area contributed by atoms with E-state index in [1.54, 1.807) is 44.4 Å². The normalized spacial score (nSPS) is 15.9. The van der Waals surface area contributed by atoms with E-state index in [1.165, 1.54) is 0 Å². The number of anilines is 1. The van der Waals surface area contributed by atoms with E-state index >= 15 is 0 Å². The highest BCUT2D eigenvalue weighted by atomic mass is 16.5. The monoisotopic (exact) mass is 398 g/mol. The lowest BCUT2D eigenvalue weighted by atomic mass is 10.1. The first-order chi connectivity index (χ1) is 14.0. The Kier molecular flexibility index (Phi) is 6.59. The van der Waals surface area contributed by atoms with E-state index < -0.39 is 5.92 Å². The summed E-state index contributed by atoms with van der Waals surface area (Å²) in [6.45, 7) is 0.812. The zero-order valence-corrected chi connectivity index (χ0v) is 16.9. The molecule has 2 amide bonds. The number of carbonyl (C=O) groups is 2. The molecule has 1 N–H and O–H groups in total. The molecule has 7 heteroatoms. The molecule has 0 bridgehead atoms. The fraction of sp³-hybridized carbons (Fsp3) is 0.364. The molecule has 1 aliphatic heterocycles. The molecule has 2 aromatic carbocycles. The van der Waals surface area contributed by atoms with Gasteiger partial charge in [-0.05, 0) is 36.2 Å². The van der Waals surface area contributed by atoms with Crippen molar-refractivity contribution in [3.05, 3.63) is 48.0 Å². The Hall–Kier alpha value is -3.22. The zero-order valence-electron chi connectivity index (χ0n) is 16.9. The van der Waals surface area contributed by atoms with E-state index in [9.17, 15) is 9.59 Å². The molecule has 7 nitrogen and oxygen atoms in total. The average molecular weight is 398 g/mol. The summed E-state index contributed by atoms with van der Waals surface area (Å²) in [5.74, 6) is 1.36. The molecule has 1 saturated heterocycles. The Morgan fingerprint density at radius 1 is 1.07 bits per heavy atom. The highest BCUT2D eigenvalue weighted by Crippen LogP contribution is 2.36. The van der Waals surface area contributed by atoms with Crippen LogP contribution in [0.15, 0.2) is 42.5 Å². The molecule has 1 aliphatic rings. The SMILES string of the molecule is COc1cccc(CCNC(=O)C2CC(=O)N(c3cc(OC)ccc3OC)C2)c1. The molecule has 29 heavy (non-hydrogen) atoms. The molecule has 0 spiro atoms. The lowest BCUT2D eigenvalue weighted by Gasteiger charge is -2.20. The zero-order chi connectivity index (χ0) is 20.8. The van der Waals surface area contributed by atoms with E-state index in [2.05, 4.69) is 5.32 Å². The van der Waals surface area contributed by atoms with Crippen molar-refractivity contribution in [1.82, 2.24) is 5.32 Å². The Labute approximate surface area is 170 Å². The maximum absolute atomic E-state index is 12.6. The number of rotatable bonds is 8. The van der Waals surface area contributed by atoms with Gasteiger partial charge in [0.25, 0.3) is 0 Å². The van der Waals surface area contributed by atoms with Crippen molar-refractivity contribution >= 4 is 17.5 Å². The lowest BCUT2D eigenvalue weighted by Crippen LogP contribution is -2.34. The second-order valence-electron chi connectivity index (χ2n) is 6.84. The van der Waals surface area contributed by atoms with Crippen LogP contribution in [0.4, 0.5) is 5.69 Å². The van der Waals surface area contributed by atoms with E-state index in [0.29, 0.717) is 36.7 Å². The maximum Gasteiger partial charge on any atom is 0.227 e. The first-order valence-electron chi connectivity index (χ1n) is 9.48. The smallest absolute Gasteiger partial charge is 0.227 e. The summed E-state index contributed by atoms with van der Waals surface area (Å²) in [6, 6.07) is 13.0. The van der Waals surface area contributed by atoms with Crippen molar-refractivity contribution in [2.45, 2.75) is 12.8 Å². The number of carbonyl (C=O) groups excluding carboxylic acids is 2. The van der Waals surface area contributed by atoms with Crippen molar-refractivity contribution in [1.29, 1.82) is 0 Å². The van der Waals surface area contributed by atoms with Crippen molar-refractivity contribution in [3.63, 3.8) is 0 Å². The highest BCUT2D eigenvalue weighted by molar-refractivity contribution is 6.01. The van der Waals surface area contributed by atoms with E-state index in [4.69, 9.17) is 14.2 Å². The second kappa shape index (κ2) is 9.32. The van der Waals surface area contributed by atoms with Crippen LogP contribution in [0.2, 0.25) is 0 Å². The molecule has 0 aliphatic carbocycles. The highest BCUT2D eigenvalue weighted by Gasteiger charge is 2.36. The van der Waals surface area contributed by atoms with Crippen LogP contribution >= 0.6 is 0 Å². The predicted molar refractivity (Wildman–Crippen MR) is 110 cm³/mol. The molecule has 3 rings (SSSR count). The number of hydrogen-bond donors (Lipinski definition) is 1. The van der Waals surface area contributed by atoms with Crippen LogP contribution < -0.4 is 24.4 Å². The van der Waals surface area contributed by atoms with Gasteiger partial charge < -0.3 is 24.4 Å². The molecule has 1 heterocycles. The summed E-state index contributed by atoms with van der Waals surface area (Å²) in [6.07, 6.45) is 0.863. The Bertz CT molecular complexity index is 883. The topological polar surface area (TPSA) is 77.1 Å². The molecule has 0 radical (unpaired) electrons. The largest absolute Gasteiger partial charge is 0.497 e. The number of benzene rings is 2. The maximum atomic E-state index is 12.6. The van der Waals surface area contributed by atoms with Gasteiger partial charge in [0.2, 0.25) is 11.8 Å². The lowest BCUT2D eigenvalue weighted by molar-refractivity contribution is -0.126. The second-order valence-corrected chi connectivity index (χ2v) is 6.84. The number of ether oxygens (including phenoxy) is 3. The van der Waals surface area contributed by atoms with E-state index in [1.807, 2.05) is 24.3 Å². The van der Waals surface area contributed by atoms with Gasteiger partial charge in [0.05, 0.1) is 32.9 Å². The quantitative estimate of drug-likeness (QED) is 0.739. The number of hydrogen-bond acceptors (Lipinski definition) is 5. The third-order valence-corrected chi connectivity index (χ3v) is 5.02. The number of nitrogens with zero attached hydrogens (tertiary/aromatic N) is 1. The van der Waals surface area contributed by atoms with Gasteiger partial charge in [0, 0.05) is 25.6 Å². The van der Waals surface area contributed by atoms with Crippen molar-refractivity contribution < 1.29 is 23.8 Å². The van der Waals surface area contributed by atoms with E-state index in [-0.39, 0.29) is 18.2 Å². The fourth-order valence-corrected chi connectivity index (χ4v) is 3.43. The van der Waals surface area contributed by atoms with Gasteiger partial charge >= 0.3 is 0 Å². The minimum atomic E-state index is -0.399. The molecule has 1 atom stereocenters. The Morgan fingerprint density at radius 3 is 2.55 bits per heavy atom. The predicted octanol–water partition coefficient (Wildman–Crippen LogP) is 2.42. The minimum absolute atomic E-state index is 0.107. The Morgan fingerprint density at radius 2 is 1.83 bits per heavy atom. The van der Waals surface area contributed by atoms with Crippen LogP contribution in [0.25, 0.3) is 0 Å². The first-order valence-corrected chi connectivity index (χ1v) is 9.48. The van der Waals surface area contributed by atoms with Crippen molar-refractivity contribution in [3.8, 4) is 17.2 Å². The number of nitrogens with one attached hydrogen (secondary N) is 1. The molecular formula is C22H26N2O5. The van der Waals surface area contributed by atoms with Crippen molar-refractivity contribution in [2.24, 2.45) is 5.92 Å². The molecule has 0 saturated carbocycles. The van der Waals surface area contributed by atoms with Crippen LogP contribution in [0.3, 0.4) is 0 Å². The molecule has 1 unspecified atom stereocenters. The van der Waals surface area contributed by atoms with Crippen LogP contribution in [-0.2, 0) is 16.0 Å². The van der Waals surface area contributed by atoms with Gasteiger partial charge in [0.1, 0.15) is 17.2 Å². The summed E-state index contributed by atoms with van der Waals surface area (Å²) >= 11 is 0. The summed E-state index contributed by atoms with van der Waals surface area (Å²) in [5, 5.41) is 2.94. The fourth-order valence-electron chi connectivity index (χ4n) is 3.43. The molecule has 154 valence electrons. The van der Waals surface area contributed by atoms with Gasteiger partial charge in [-0.1, -0.05) is 12.1 Å². The molecule has 1 fully saturated rings.